The van der Waals surface area contributed by atoms with Gasteiger partial charge in [-0.2, -0.15) is 0 Å². The van der Waals surface area contributed by atoms with Gasteiger partial charge in [-0.15, -0.1) is 23.1 Å². The molecule has 4 rings (SSSR count). The largest absolute Gasteiger partial charge is 0.343 e. The van der Waals surface area contributed by atoms with Crippen molar-refractivity contribution in [2.45, 2.75) is 4.75 Å². The molecule has 0 fully saturated rings. The Morgan fingerprint density at radius 1 is 0.844 bits per heavy atom. The summed E-state index contributed by atoms with van der Waals surface area (Å²) in [4.78, 5) is 18.2. The van der Waals surface area contributed by atoms with Crippen LogP contribution in [0.1, 0.15) is 32.2 Å². The second-order valence-corrected chi connectivity index (χ2v) is 9.48. The maximum atomic E-state index is 12.2. The number of hydrogen-bond donors (Lipinski definition) is 0. The molecule has 1 aromatic heterocycles. The number of benzene rings is 3. The van der Waals surface area contributed by atoms with Gasteiger partial charge in [0.05, 0.1) is 4.75 Å². The van der Waals surface area contributed by atoms with Crippen molar-refractivity contribution < 1.29 is 4.79 Å². The van der Waals surface area contributed by atoms with Gasteiger partial charge >= 0.3 is 0 Å². The van der Waals surface area contributed by atoms with Gasteiger partial charge in [0.25, 0.3) is 5.91 Å². The molecule has 1 amide bonds. The van der Waals surface area contributed by atoms with Crippen molar-refractivity contribution in [2.24, 2.45) is 0 Å². The lowest BCUT2D eigenvalue weighted by atomic mass is 9.84. The molecule has 0 saturated carbocycles. The Balaban J connectivity index is 1.77. The van der Waals surface area contributed by atoms with Gasteiger partial charge in [-0.25, -0.2) is 4.98 Å². The fourth-order valence-corrected chi connectivity index (χ4v) is 5.60. The number of aromatic nitrogens is 1. The van der Waals surface area contributed by atoms with E-state index in [2.05, 4.69) is 83.2 Å². The van der Waals surface area contributed by atoms with Gasteiger partial charge in [-0.05, 0) is 28.2 Å². The monoisotopic (exact) mass is 456 g/mol. The van der Waals surface area contributed by atoms with Crippen LogP contribution in [0, 0.1) is 0 Å². The van der Waals surface area contributed by atoms with Crippen molar-refractivity contribution in [1.29, 1.82) is 0 Å². The van der Waals surface area contributed by atoms with Crippen LogP contribution in [0.4, 0.5) is 0 Å². The zero-order valence-electron chi connectivity index (χ0n) is 18.0. The smallest absolute Gasteiger partial charge is 0.272 e. The molecular formula is C27H24N2OS2. The Morgan fingerprint density at radius 2 is 1.31 bits per heavy atom. The fraction of sp³-hybridized carbons (Fsp3) is 0.111. The summed E-state index contributed by atoms with van der Waals surface area (Å²) in [5.41, 5.74) is 4.09. The van der Waals surface area contributed by atoms with E-state index in [1.54, 1.807) is 30.8 Å². The fourth-order valence-electron chi connectivity index (χ4n) is 3.61. The topological polar surface area (TPSA) is 33.2 Å². The van der Waals surface area contributed by atoms with Crippen LogP contribution in [0.5, 0.6) is 0 Å². The first-order chi connectivity index (χ1) is 15.6. The van der Waals surface area contributed by atoms with Crippen molar-refractivity contribution in [2.75, 3.05) is 14.1 Å². The number of thiazole rings is 1. The molecule has 0 unspecified atom stereocenters. The van der Waals surface area contributed by atoms with Gasteiger partial charge in [0.2, 0.25) is 0 Å². The van der Waals surface area contributed by atoms with E-state index >= 15 is 0 Å². The molecular weight excluding hydrogens is 432 g/mol. The molecule has 3 nitrogen and oxygen atoms in total. The van der Waals surface area contributed by atoms with Gasteiger partial charge < -0.3 is 4.90 Å². The normalized spacial score (nSPS) is 11.6. The number of thioether (sulfide) groups is 1. The van der Waals surface area contributed by atoms with Crippen molar-refractivity contribution in [3.63, 3.8) is 0 Å². The third-order valence-electron chi connectivity index (χ3n) is 5.14. The van der Waals surface area contributed by atoms with Crippen LogP contribution in [-0.2, 0) is 4.75 Å². The average Bonchev–Trinajstić information content (AvgIpc) is 3.32. The van der Waals surface area contributed by atoms with Gasteiger partial charge in [0.15, 0.2) is 0 Å². The molecule has 3 aromatic carbocycles. The van der Waals surface area contributed by atoms with Crippen molar-refractivity contribution in [1.82, 2.24) is 9.88 Å². The lowest BCUT2D eigenvalue weighted by molar-refractivity contribution is 0.0822. The van der Waals surface area contributed by atoms with Crippen LogP contribution in [0.3, 0.4) is 0 Å². The summed E-state index contributed by atoms with van der Waals surface area (Å²) < 4.78 is -0.417. The first kappa shape index (κ1) is 22.1. The zero-order chi connectivity index (χ0) is 22.4. The highest BCUT2D eigenvalue weighted by atomic mass is 32.2. The predicted molar refractivity (Wildman–Crippen MR) is 136 cm³/mol. The first-order valence-corrected chi connectivity index (χ1v) is 12.1. The van der Waals surface area contributed by atoms with Crippen molar-refractivity contribution in [3.8, 4) is 0 Å². The van der Waals surface area contributed by atoms with Gasteiger partial charge in [0, 0.05) is 19.5 Å². The highest BCUT2D eigenvalue weighted by molar-refractivity contribution is 8.03. The van der Waals surface area contributed by atoms with Gasteiger partial charge in [-0.3, -0.25) is 4.79 Å². The Morgan fingerprint density at radius 3 is 1.75 bits per heavy atom. The minimum Gasteiger partial charge on any atom is -0.343 e. The highest BCUT2D eigenvalue weighted by Gasteiger charge is 2.36. The van der Waals surface area contributed by atoms with E-state index in [1.165, 1.54) is 28.0 Å². The van der Waals surface area contributed by atoms with Crippen LogP contribution in [0.15, 0.2) is 102 Å². The molecule has 0 saturated heterocycles. The maximum absolute atomic E-state index is 12.2. The Hall–Kier alpha value is -3.15. The molecule has 0 aliphatic heterocycles. The van der Waals surface area contributed by atoms with Crippen molar-refractivity contribution in [3.05, 3.63) is 129 Å². The van der Waals surface area contributed by atoms with E-state index < -0.39 is 4.75 Å². The minimum atomic E-state index is -0.417. The predicted octanol–water partition coefficient (Wildman–Crippen LogP) is 6.54. The van der Waals surface area contributed by atoms with E-state index in [0.29, 0.717) is 5.69 Å². The minimum absolute atomic E-state index is 0.0826. The van der Waals surface area contributed by atoms with Crippen LogP contribution in [0.2, 0.25) is 0 Å². The maximum Gasteiger partial charge on any atom is 0.272 e. The number of nitrogens with zero attached hydrogens (tertiary/aromatic N) is 2. The number of carbonyl (C=O) groups excluding carboxylic acids is 1. The summed E-state index contributed by atoms with van der Waals surface area (Å²) in [7, 11) is 3.47. The average molecular weight is 457 g/mol. The molecule has 0 aliphatic carbocycles. The van der Waals surface area contributed by atoms with E-state index in [0.717, 1.165) is 5.01 Å². The summed E-state index contributed by atoms with van der Waals surface area (Å²) in [5.74, 6) is -0.0826. The summed E-state index contributed by atoms with van der Waals surface area (Å²) >= 11 is 3.21. The second kappa shape index (κ2) is 9.98. The standard InChI is InChI=1S/C27H24N2OS2/c1-29(2)26(30)24-20-31-25(28-24)18-19-32-27(21-12-6-3-7-13-21,22-14-8-4-9-15-22)23-16-10-5-11-17-23/h3-20H,1-2H3/b19-18-. The van der Waals surface area contributed by atoms with E-state index in [4.69, 9.17) is 0 Å². The quantitative estimate of drug-likeness (QED) is 0.296. The zero-order valence-corrected chi connectivity index (χ0v) is 19.6. The SMILES string of the molecule is CN(C)C(=O)c1csc(/C=C\SC(c2ccccc2)(c2ccccc2)c2ccccc2)n1. The van der Waals surface area contributed by atoms with E-state index in [9.17, 15) is 4.79 Å². The van der Waals surface area contributed by atoms with Crippen LogP contribution < -0.4 is 0 Å². The molecule has 0 N–H and O–H groups in total. The van der Waals surface area contributed by atoms with Crippen LogP contribution in [-0.4, -0.2) is 29.9 Å². The summed E-state index contributed by atoms with van der Waals surface area (Å²) in [6.45, 7) is 0. The lowest BCUT2D eigenvalue weighted by Crippen LogP contribution is -2.24. The molecule has 0 spiro atoms. The molecule has 0 bridgehead atoms. The first-order valence-electron chi connectivity index (χ1n) is 10.3. The van der Waals surface area contributed by atoms with Crippen LogP contribution >= 0.6 is 23.1 Å². The lowest BCUT2D eigenvalue weighted by Gasteiger charge is -2.34. The third-order valence-corrected chi connectivity index (χ3v) is 7.29. The number of carbonyl (C=O) groups is 1. The Kier molecular flexibility index (Phi) is 6.88. The van der Waals surface area contributed by atoms with Crippen LogP contribution in [0.25, 0.3) is 6.08 Å². The number of rotatable bonds is 7. The Labute approximate surface area is 197 Å². The summed E-state index contributed by atoms with van der Waals surface area (Å²) in [5, 5.41) is 4.71. The highest BCUT2D eigenvalue weighted by Crippen LogP contribution is 2.49. The van der Waals surface area contributed by atoms with E-state index in [1.807, 2.05) is 29.7 Å². The van der Waals surface area contributed by atoms with Crippen molar-refractivity contribution >= 4 is 35.1 Å². The molecule has 160 valence electrons. The summed E-state index contributed by atoms with van der Waals surface area (Å²) in [6, 6.07) is 31.7. The van der Waals surface area contributed by atoms with Gasteiger partial charge in [0.1, 0.15) is 10.7 Å². The molecule has 5 heteroatoms. The molecule has 0 radical (unpaired) electrons. The molecule has 32 heavy (non-hydrogen) atoms. The molecule has 0 atom stereocenters. The second-order valence-electron chi connectivity index (χ2n) is 7.47. The third kappa shape index (κ3) is 4.54. The van der Waals surface area contributed by atoms with E-state index in [-0.39, 0.29) is 5.91 Å². The molecule has 1 heterocycles. The Bertz CT molecular complexity index is 1090. The number of hydrogen-bond acceptors (Lipinski definition) is 4. The van der Waals surface area contributed by atoms with Gasteiger partial charge in [-0.1, -0.05) is 91.0 Å². The molecule has 0 aliphatic rings. The number of amides is 1. The molecule has 4 aromatic rings. The summed E-state index contributed by atoms with van der Waals surface area (Å²) in [6.07, 6.45) is 1.99.